The molecule has 0 aromatic carbocycles. The topological polar surface area (TPSA) is 0 Å². The molecule has 0 N–H and O–H groups in total. The van der Waals surface area contributed by atoms with E-state index >= 15 is 0 Å². The van der Waals surface area contributed by atoms with Gasteiger partial charge < -0.3 is 24.8 Å². The van der Waals surface area contributed by atoms with Crippen molar-refractivity contribution in [3.8, 4) is 0 Å². The maximum atomic E-state index is 3.63. The first-order valence-corrected chi connectivity index (χ1v) is 7.28. The van der Waals surface area contributed by atoms with Crippen LogP contribution in [0.15, 0.2) is 17.7 Å². The van der Waals surface area contributed by atoms with Gasteiger partial charge >= 0.3 is 26.2 Å². The largest absolute Gasteiger partial charge is 3.00 e. The first kappa shape index (κ1) is 23.2. The van der Waals surface area contributed by atoms with Crippen LogP contribution in [0.4, 0.5) is 0 Å². The van der Waals surface area contributed by atoms with Crippen molar-refractivity contribution in [2.75, 3.05) is 0 Å². The van der Waals surface area contributed by atoms with Crippen LogP contribution in [0.25, 0.3) is 0 Å². The van der Waals surface area contributed by atoms with E-state index in [0.29, 0.717) is 10.8 Å². The smallest absolute Gasteiger partial charge is 1.00 e. The summed E-state index contributed by atoms with van der Waals surface area (Å²) < 4.78 is 0. The normalized spacial score (nSPS) is 20.6. The summed E-state index contributed by atoms with van der Waals surface area (Å²) in [5.74, 6) is 0.726. The van der Waals surface area contributed by atoms with Crippen LogP contribution in [0.1, 0.15) is 66.2 Å². The van der Waals surface area contributed by atoms with Gasteiger partial charge in [-0.2, -0.15) is 6.08 Å². The number of hydrogen-bond donors (Lipinski definition) is 0. The molecule has 2 rings (SSSR count). The molecule has 0 spiro atoms. The van der Waals surface area contributed by atoms with Crippen LogP contribution in [0, 0.1) is 22.8 Å². The Labute approximate surface area is 157 Å². The third kappa shape index (κ3) is 4.02. The summed E-state index contributed by atoms with van der Waals surface area (Å²) in [4.78, 5) is 0. The molecule has 0 heterocycles. The Kier molecular flexibility index (Phi) is 10.6. The molecule has 3 heteroatoms. The fourth-order valence-corrected chi connectivity index (χ4v) is 3.70. The van der Waals surface area contributed by atoms with Gasteiger partial charge in [-0.05, 0) is 29.6 Å². The standard InChI is InChI=1S/C17H27.2ClH.Zr/c1-14(2)16(3,4)17(12-8-5-9-13-17)15-10-6-7-11-15;;;/h6,10,14H,5,7-9,12-13H2,1-4H3;2*1H;/q-1;;;+3/p-2. The Morgan fingerprint density at radius 1 is 1.10 bits per heavy atom. The molecule has 0 bridgehead atoms. The third-order valence-corrected chi connectivity index (χ3v) is 5.59. The van der Waals surface area contributed by atoms with Crippen molar-refractivity contribution in [3.05, 3.63) is 23.8 Å². The predicted octanol–water partition coefficient (Wildman–Crippen LogP) is -0.686. The number of halogens is 2. The minimum Gasteiger partial charge on any atom is -1.00 e. The summed E-state index contributed by atoms with van der Waals surface area (Å²) >= 11 is 0. The van der Waals surface area contributed by atoms with Crippen LogP contribution >= 0.6 is 0 Å². The van der Waals surface area contributed by atoms with Crippen molar-refractivity contribution in [1.82, 2.24) is 0 Å². The molecule has 1 radical (unpaired) electrons. The number of rotatable bonds is 3. The van der Waals surface area contributed by atoms with E-state index in [1.165, 1.54) is 37.7 Å². The zero-order valence-electron chi connectivity index (χ0n) is 13.2. The predicted molar refractivity (Wildman–Crippen MR) is 74.7 cm³/mol. The minimum atomic E-state index is 0. The molecule has 20 heavy (non-hydrogen) atoms. The molecular formula is C17H27Cl2Zr. The summed E-state index contributed by atoms with van der Waals surface area (Å²) in [7, 11) is 0. The van der Waals surface area contributed by atoms with Gasteiger partial charge in [0.2, 0.25) is 0 Å². The Morgan fingerprint density at radius 3 is 2.05 bits per heavy atom. The van der Waals surface area contributed by atoms with Gasteiger partial charge in [0.15, 0.2) is 0 Å². The molecule has 2 aliphatic rings. The fourth-order valence-electron chi connectivity index (χ4n) is 3.70. The first-order chi connectivity index (χ1) is 8.01. The van der Waals surface area contributed by atoms with Crippen molar-refractivity contribution < 1.29 is 51.0 Å². The van der Waals surface area contributed by atoms with Crippen LogP contribution in [-0.2, 0) is 26.2 Å². The average molecular weight is 394 g/mol. The maximum Gasteiger partial charge on any atom is 3.00 e. The molecule has 0 aromatic rings. The van der Waals surface area contributed by atoms with E-state index in [4.69, 9.17) is 0 Å². The monoisotopic (exact) mass is 391 g/mol. The Balaban J connectivity index is 0. The van der Waals surface area contributed by atoms with Gasteiger partial charge in [-0.15, -0.1) is 6.42 Å². The van der Waals surface area contributed by atoms with Crippen LogP contribution in [0.5, 0.6) is 0 Å². The molecule has 0 nitrogen and oxygen atoms in total. The van der Waals surface area contributed by atoms with Crippen LogP contribution in [-0.4, -0.2) is 0 Å². The molecule has 1 fully saturated rings. The second kappa shape index (κ2) is 9.17. The molecule has 0 saturated heterocycles. The van der Waals surface area contributed by atoms with Gasteiger partial charge in [0.1, 0.15) is 0 Å². The van der Waals surface area contributed by atoms with Gasteiger partial charge in [-0.1, -0.05) is 47.0 Å². The van der Waals surface area contributed by atoms with E-state index in [1.54, 1.807) is 0 Å². The fraction of sp³-hybridized carbons (Fsp3) is 0.765. The van der Waals surface area contributed by atoms with E-state index in [1.807, 2.05) is 0 Å². The summed E-state index contributed by atoms with van der Waals surface area (Å²) in [5, 5.41) is 0. The molecule has 113 valence electrons. The van der Waals surface area contributed by atoms with Gasteiger partial charge in [0.25, 0.3) is 0 Å². The van der Waals surface area contributed by atoms with E-state index in [0.717, 1.165) is 12.3 Å². The molecule has 0 aliphatic heterocycles. The van der Waals surface area contributed by atoms with E-state index < -0.39 is 0 Å². The summed E-state index contributed by atoms with van der Waals surface area (Å²) in [6.07, 6.45) is 16.3. The van der Waals surface area contributed by atoms with Crippen molar-refractivity contribution in [1.29, 1.82) is 0 Å². The van der Waals surface area contributed by atoms with E-state index in [2.05, 4.69) is 45.9 Å². The second-order valence-electron chi connectivity index (χ2n) is 6.72. The first-order valence-electron chi connectivity index (χ1n) is 7.28. The SMILES string of the molecule is CC(C)C(C)(C)C1(C2=[C-]CC=C2)CCCCC1.[Cl-].[Cl-].[Zr+3]. The molecular weight excluding hydrogens is 366 g/mol. The molecule has 2 aliphatic carbocycles. The minimum absolute atomic E-state index is 0. The molecule has 0 unspecified atom stereocenters. The quantitative estimate of drug-likeness (QED) is 0.557. The Morgan fingerprint density at radius 2 is 1.65 bits per heavy atom. The molecule has 0 amide bonds. The maximum absolute atomic E-state index is 3.63. The van der Waals surface area contributed by atoms with Crippen molar-refractivity contribution in [3.63, 3.8) is 0 Å². The second-order valence-corrected chi connectivity index (χ2v) is 6.72. The van der Waals surface area contributed by atoms with Crippen LogP contribution < -0.4 is 24.8 Å². The summed E-state index contributed by atoms with van der Waals surface area (Å²) in [5.41, 5.74) is 2.30. The van der Waals surface area contributed by atoms with Crippen molar-refractivity contribution in [2.24, 2.45) is 16.7 Å². The van der Waals surface area contributed by atoms with Gasteiger partial charge in [0, 0.05) is 0 Å². The summed E-state index contributed by atoms with van der Waals surface area (Å²) in [6.45, 7) is 9.72. The van der Waals surface area contributed by atoms with Crippen LogP contribution in [0.3, 0.4) is 0 Å². The van der Waals surface area contributed by atoms with Gasteiger partial charge in [0.05, 0.1) is 0 Å². The molecule has 1 saturated carbocycles. The average Bonchev–Trinajstić information content (AvgIpc) is 2.83. The van der Waals surface area contributed by atoms with Crippen LogP contribution in [0.2, 0.25) is 0 Å². The van der Waals surface area contributed by atoms with Gasteiger partial charge in [-0.25, -0.2) is 11.6 Å². The summed E-state index contributed by atoms with van der Waals surface area (Å²) in [6, 6.07) is 0. The van der Waals surface area contributed by atoms with Crippen molar-refractivity contribution in [2.45, 2.75) is 66.2 Å². The molecule has 0 atom stereocenters. The van der Waals surface area contributed by atoms with E-state index in [9.17, 15) is 0 Å². The number of allylic oxidation sites excluding steroid dienone is 4. The number of hydrogen-bond acceptors (Lipinski definition) is 0. The zero-order chi connectivity index (χ0) is 12.5. The van der Waals surface area contributed by atoms with Gasteiger partial charge in [-0.3, -0.25) is 6.08 Å². The van der Waals surface area contributed by atoms with E-state index in [-0.39, 0.29) is 51.0 Å². The third-order valence-electron chi connectivity index (χ3n) is 5.59. The Bertz CT molecular complexity index is 337. The Hall–Kier alpha value is 0.943. The molecule has 0 aromatic heterocycles. The zero-order valence-corrected chi connectivity index (χ0v) is 17.2. The van der Waals surface area contributed by atoms with Crippen molar-refractivity contribution >= 4 is 0 Å².